The normalized spacial score (nSPS) is 9.00. The first-order valence-corrected chi connectivity index (χ1v) is 2.61. The SMILES string of the molecule is COCCSO. The second-order valence-corrected chi connectivity index (χ2v) is 1.49. The molecule has 0 unspecified atom stereocenters. The molecule has 0 aliphatic heterocycles. The van der Waals surface area contributed by atoms with Gasteiger partial charge in [-0.3, -0.25) is 0 Å². The Kier molecular flexibility index (Phi) is 5.51. The highest BCUT2D eigenvalue weighted by Crippen LogP contribution is 1.86. The molecule has 0 amide bonds. The van der Waals surface area contributed by atoms with Crippen LogP contribution in [0.15, 0.2) is 0 Å². The van der Waals surface area contributed by atoms with Gasteiger partial charge in [0.25, 0.3) is 0 Å². The first kappa shape index (κ1) is 6.27. The van der Waals surface area contributed by atoms with Crippen molar-refractivity contribution < 1.29 is 9.29 Å². The minimum atomic E-state index is 0.626. The molecule has 0 aromatic rings. The summed E-state index contributed by atoms with van der Waals surface area (Å²) in [6.45, 7) is 0.626. The van der Waals surface area contributed by atoms with Crippen molar-refractivity contribution in [3.63, 3.8) is 0 Å². The van der Waals surface area contributed by atoms with Gasteiger partial charge in [0.2, 0.25) is 0 Å². The number of ether oxygens (including phenoxy) is 1. The highest BCUT2D eigenvalue weighted by Gasteiger charge is 1.76. The van der Waals surface area contributed by atoms with E-state index in [1.54, 1.807) is 7.11 Å². The molecule has 0 aliphatic carbocycles. The summed E-state index contributed by atoms with van der Waals surface area (Å²) in [5.74, 6) is 0.663. The lowest BCUT2D eigenvalue weighted by Crippen LogP contribution is -1.88. The second-order valence-electron chi connectivity index (χ2n) is 0.826. The second kappa shape index (κ2) is 5.27. The summed E-state index contributed by atoms with van der Waals surface area (Å²) in [5, 5.41) is 0. The lowest BCUT2D eigenvalue weighted by Gasteiger charge is -1.88. The standard InChI is InChI=1S/C3H8O2S/c1-5-2-3-6-4/h4H,2-3H2,1H3. The molecule has 0 aromatic carbocycles. The van der Waals surface area contributed by atoms with Gasteiger partial charge in [-0.25, -0.2) is 0 Å². The largest absolute Gasteiger partial charge is 0.384 e. The molecule has 0 aliphatic rings. The molecule has 0 saturated carbocycles. The van der Waals surface area contributed by atoms with E-state index in [0.29, 0.717) is 12.4 Å². The van der Waals surface area contributed by atoms with Crippen LogP contribution >= 0.6 is 12.0 Å². The molecular formula is C3H8O2S. The van der Waals surface area contributed by atoms with Crippen molar-refractivity contribution >= 4 is 12.0 Å². The van der Waals surface area contributed by atoms with Gasteiger partial charge in [-0.05, 0) is 12.0 Å². The Morgan fingerprint density at radius 3 is 2.67 bits per heavy atom. The van der Waals surface area contributed by atoms with Gasteiger partial charge in [0, 0.05) is 12.9 Å². The predicted molar refractivity (Wildman–Crippen MR) is 27.0 cm³/mol. The average molecular weight is 108 g/mol. The van der Waals surface area contributed by atoms with Crippen LogP contribution in [0.5, 0.6) is 0 Å². The van der Waals surface area contributed by atoms with Crippen LogP contribution in [-0.4, -0.2) is 24.0 Å². The maximum atomic E-state index is 8.03. The van der Waals surface area contributed by atoms with Crippen LogP contribution in [0.3, 0.4) is 0 Å². The Morgan fingerprint density at radius 1 is 1.83 bits per heavy atom. The molecule has 38 valence electrons. The van der Waals surface area contributed by atoms with Crippen LogP contribution in [0.1, 0.15) is 0 Å². The molecule has 0 saturated heterocycles. The minimum absolute atomic E-state index is 0.626. The fraction of sp³-hybridized carbons (Fsp3) is 1.00. The first-order valence-electron chi connectivity index (χ1n) is 1.67. The van der Waals surface area contributed by atoms with Gasteiger partial charge in [0.1, 0.15) is 0 Å². The molecule has 0 radical (unpaired) electrons. The summed E-state index contributed by atoms with van der Waals surface area (Å²) >= 11 is 0.801. The van der Waals surface area contributed by atoms with Gasteiger partial charge in [-0.2, -0.15) is 0 Å². The first-order chi connectivity index (χ1) is 2.91. The molecular weight excluding hydrogens is 100 g/mol. The van der Waals surface area contributed by atoms with E-state index >= 15 is 0 Å². The summed E-state index contributed by atoms with van der Waals surface area (Å²) in [4.78, 5) is 0. The summed E-state index contributed by atoms with van der Waals surface area (Å²) in [6, 6.07) is 0. The number of methoxy groups -OCH3 is 1. The molecule has 0 spiro atoms. The van der Waals surface area contributed by atoms with E-state index in [4.69, 9.17) is 4.55 Å². The van der Waals surface area contributed by atoms with Gasteiger partial charge in [-0.1, -0.05) is 0 Å². The van der Waals surface area contributed by atoms with Crippen LogP contribution < -0.4 is 0 Å². The maximum absolute atomic E-state index is 8.03. The molecule has 2 nitrogen and oxygen atoms in total. The van der Waals surface area contributed by atoms with E-state index < -0.39 is 0 Å². The number of hydrogen-bond donors (Lipinski definition) is 1. The van der Waals surface area contributed by atoms with Crippen LogP contribution in [0.25, 0.3) is 0 Å². The summed E-state index contributed by atoms with van der Waals surface area (Å²) in [7, 11) is 1.61. The van der Waals surface area contributed by atoms with Gasteiger partial charge in [0.15, 0.2) is 0 Å². The number of hydrogen-bond acceptors (Lipinski definition) is 3. The monoisotopic (exact) mass is 108 g/mol. The van der Waals surface area contributed by atoms with E-state index in [-0.39, 0.29) is 0 Å². The van der Waals surface area contributed by atoms with Gasteiger partial charge >= 0.3 is 0 Å². The summed E-state index contributed by atoms with van der Waals surface area (Å²) in [6.07, 6.45) is 0. The zero-order valence-electron chi connectivity index (χ0n) is 3.68. The fourth-order valence-electron chi connectivity index (χ4n) is 0.121. The molecule has 3 heteroatoms. The fourth-order valence-corrected chi connectivity index (χ4v) is 0.362. The molecule has 0 heterocycles. The molecule has 0 bridgehead atoms. The van der Waals surface area contributed by atoms with Crippen molar-refractivity contribution in [1.29, 1.82) is 0 Å². The van der Waals surface area contributed by atoms with Crippen molar-refractivity contribution in [3.05, 3.63) is 0 Å². The van der Waals surface area contributed by atoms with Crippen LogP contribution in [0.2, 0.25) is 0 Å². The van der Waals surface area contributed by atoms with E-state index in [2.05, 4.69) is 4.74 Å². The van der Waals surface area contributed by atoms with E-state index in [1.807, 2.05) is 0 Å². The maximum Gasteiger partial charge on any atom is 0.0575 e. The third kappa shape index (κ3) is 4.27. The highest BCUT2D eigenvalue weighted by atomic mass is 32.2. The molecule has 0 atom stereocenters. The van der Waals surface area contributed by atoms with Crippen molar-refractivity contribution in [2.75, 3.05) is 19.5 Å². The Labute approximate surface area is 41.7 Å². The lowest BCUT2D eigenvalue weighted by atomic mass is 10.9. The smallest absolute Gasteiger partial charge is 0.0575 e. The van der Waals surface area contributed by atoms with E-state index in [0.717, 1.165) is 12.0 Å². The molecule has 0 aromatic heterocycles. The highest BCUT2D eigenvalue weighted by molar-refractivity contribution is 7.93. The van der Waals surface area contributed by atoms with Crippen LogP contribution in [0, 0.1) is 0 Å². The molecule has 1 N–H and O–H groups in total. The van der Waals surface area contributed by atoms with Crippen molar-refractivity contribution in [2.24, 2.45) is 0 Å². The summed E-state index contributed by atoms with van der Waals surface area (Å²) in [5.41, 5.74) is 0. The Bertz CT molecular complexity index is 20.8. The summed E-state index contributed by atoms with van der Waals surface area (Å²) < 4.78 is 12.6. The minimum Gasteiger partial charge on any atom is -0.384 e. The lowest BCUT2D eigenvalue weighted by molar-refractivity contribution is 0.218. The number of rotatable bonds is 3. The average Bonchev–Trinajstić information content (AvgIpc) is 1.61. The quantitative estimate of drug-likeness (QED) is 0.429. The third-order valence-corrected chi connectivity index (χ3v) is 0.728. The predicted octanol–water partition coefficient (Wildman–Crippen LogP) is 0.839. The topological polar surface area (TPSA) is 29.5 Å². The van der Waals surface area contributed by atoms with Crippen molar-refractivity contribution in [2.45, 2.75) is 0 Å². The van der Waals surface area contributed by atoms with E-state index in [9.17, 15) is 0 Å². The zero-order valence-corrected chi connectivity index (χ0v) is 4.49. The molecule has 0 fully saturated rings. The van der Waals surface area contributed by atoms with Crippen molar-refractivity contribution in [1.82, 2.24) is 0 Å². The Morgan fingerprint density at radius 2 is 2.50 bits per heavy atom. The van der Waals surface area contributed by atoms with Crippen LogP contribution in [-0.2, 0) is 4.74 Å². The third-order valence-electron chi connectivity index (χ3n) is 0.379. The van der Waals surface area contributed by atoms with Crippen molar-refractivity contribution in [3.8, 4) is 0 Å². The zero-order chi connectivity index (χ0) is 4.83. The van der Waals surface area contributed by atoms with Gasteiger partial charge in [0.05, 0.1) is 6.61 Å². The van der Waals surface area contributed by atoms with E-state index in [1.165, 1.54) is 0 Å². The van der Waals surface area contributed by atoms with Crippen LogP contribution in [0.4, 0.5) is 0 Å². The Balaban J connectivity index is 2.34. The molecule has 6 heavy (non-hydrogen) atoms. The van der Waals surface area contributed by atoms with Gasteiger partial charge in [-0.15, -0.1) is 0 Å². The molecule has 0 rings (SSSR count). The Hall–Kier alpha value is 0.270. The van der Waals surface area contributed by atoms with Gasteiger partial charge < -0.3 is 9.29 Å².